The number of fused-ring (bicyclic) bond motifs is 1. The SMILES string of the molecule is CC(=O)N(N)C1CC(C)(C)Oc2ccc(C#N)cc21. The van der Waals surface area contributed by atoms with Gasteiger partial charge in [-0.3, -0.25) is 9.80 Å². The molecule has 0 aromatic heterocycles. The van der Waals surface area contributed by atoms with Crippen molar-refractivity contribution < 1.29 is 9.53 Å². The first-order chi connectivity index (χ1) is 8.84. The monoisotopic (exact) mass is 259 g/mol. The molecule has 5 nitrogen and oxygen atoms in total. The number of carbonyl (C=O) groups excluding carboxylic acids is 1. The molecule has 0 spiro atoms. The molecule has 1 aliphatic rings. The molecular formula is C14H17N3O2. The summed E-state index contributed by atoms with van der Waals surface area (Å²) < 4.78 is 5.88. The van der Waals surface area contributed by atoms with Gasteiger partial charge < -0.3 is 4.74 Å². The van der Waals surface area contributed by atoms with E-state index in [2.05, 4.69) is 6.07 Å². The van der Waals surface area contributed by atoms with Crippen LogP contribution in [0.2, 0.25) is 0 Å². The van der Waals surface area contributed by atoms with Gasteiger partial charge in [-0.1, -0.05) is 0 Å². The normalized spacial score (nSPS) is 19.8. The number of hydrazine groups is 1. The van der Waals surface area contributed by atoms with E-state index in [0.717, 1.165) is 5.56 Å². The smallest absolute Gasteiger partial charge is 0.233 e. The van der Waals surface area contributed by atoms with E-state index in [1.54, 1.807) is 18.2 Å². The molecule has 1 unspecified atom stereocenters. The van der Waals surface area contributed by atoms with Gasteiger partial charge in [-0.05, 0) is 32.0 Å². The van der Waals surface area contributed by atoms with E-state index in [4.69, 9.17) is 15.8 Å². The van der Waals surface area contributed by atoms with Crippen molar-refractivity contribution in [3.05, 3.63) is 29.3 Å². The summed E-state index contributed by atoms with van der Waals surface area (Å²) in [6.45, 7) is 5.33. The van der Waals surface area contributed by atoms with E-state index in [9.17, 15) is 4.79 Å². The maximum atomic E-state index is 11.5. The average molecular weight is 259 g/mol. The minimum Gasteiger partial charge on any atom is -0.487 e. The average Bonchev–Trinajstić information content (AvgIpc) is 2.35. The lowest BCUT2D eigenvalue weighted by molar-refractivity contribution is -0.133. The van der Waals surface area contributed by atoms with Crippen LogP contribution in [0.25, 0.3) is 0 Å². The standard InChI is InChI=1S/C14H17N3O2/c1-9(18)17(16)12-7-14(2,3)19-13-5-4-10(8-15)6-11(12)13/h4-6,12H,7,16H2,1-3H3. The van der Waals surface area contributed by atoms with Gasteiger partial charge in [0, 0.05) is 18.9 Å². The Labute approximate surface area is 112 Å². The Morgan fingerprint density at radius 2 is 2.26 bits per heavy atom. The molecule has 2 N–H and O–H groups in total. The molecule has 5 heteroatoms. The third-order valence-corrected chi connectivity index (χ3v) is 3.27. The second-order valence-corrected chi connectivity index (χ2v) is 5.37. The summed E-state index contributed by atoms with van der Waals surface area (Å²) in [4.78, 5) is 11.5. The second-order valence-electron chi connectivity index (χ2n) is 5.37. The van der Waals surface area contributed by atoms with Crippen molar-refractivity contribution in [3.8, 4) is 11.8 Å². The maximum absolute atomic E-state index is 11.5. The summed E-state index contributed by atoms with van der Waals surface area (Å²) in [7, 11) is 0. The number of hydrogen-bond acceptors (Lipinski definition) is 4. The molecule has 0 saturated carbocycles. The van der Waals surface area contributed by atoms with Gasteiger partial charge in [0.2, 0.25) is 5.91 Å². The molecule has 0 aliphatic carbocycles. The van der Waals surface area contributed by atoms with Crippen molar-refractivity contribution in [3.63, 3.8) is 0 Å². The summed E-state index contributed by atoms with van der Waals surface area (Å²) in [6.07, 6.45) is 0.588. The third-order valence-electron chi connectivity index (χ3n) is 3.27. The van der Waals surface area contributed by atoms with Crippen LogP contribution in [-0.2, 0) is 4.79 Å². The van der Waals surface area contributed by atoms with Gasteiger partial charge >= 0.3 is 0 Å². The number of ether oxygens (including phenoxy) is 1. The lowest BCUT2D eigenvalue weighted by Crippen LogP contribution is -2.46. The summed E-state index contributed by atoms with van der Waals surface area (Å²) >= 11 is 0. The number of rotatable bonds is 1. The Morgan fingerprint density at radius 1 is 1.58 bits per heavy atom. The molecular weight excluding hydrogens is 242 g/mol. The number of nitriles is 1. The van der Waals surface area contributed by atoms with Crippen molar-refractivity contribution in [1.29, 1.82) is 5.26 Å². The molecule has 2 rings (SSSR count). The highest BCUT2D eigenvalue weighted by molar-refractivity contribution is 5.73. The molecule has 19 heavy (non-hydrogen) atoms. The lowest BCUT2D eigenvalue weighted by atomic mass is 9.88. The van der Waals surface area contributed by atoms with Crippen molar-refractivity contribution >= 4 is 5.91 Å². The fourth-order valence-corrected chi connectivity index (χ4v) is 2.35. The van der Waals surface area contributed by atoms with E-state index in [0.29, 0.717) is 17.7 Å². The molecule has 1 aromatic carbocycles. The molecule has 1 atom stereocenters. The van der Waals surface area contributed by atoms with Crippen LogP contribution in [0.15, 0.2) is 18.2 Å². The topological polar surface area (TPSA) is 79.3 Å². The number of benzene rings is 1. The van der Waals surface area contributed by atoms with Gasteiger partial charge in [0.15, 0.2) is 0 Å². The zero-order chi connectivity index (χ0) is 14.2. The van der Waals surface area contributed by atoms with Crippen LogP contribution in [0.1, 0.15) is 44.4 Å². The van der Waals surface area contributed by atoms with Crippen LogP contribution in [0, 0.1) is 11.3 Å². The van der Waals surface area contributed by atoms with Gasteiger partial charge in [0.1, 0.15) is 11.4 Å². The number of amides is 1. The predicted molar refractivity (Wildman–Crippen MR) is 69.9 cm³/mol. The summed E-state index contributed by atoms with van der Waals surface area (Å²) in [6, 6.07) is 7.01. The maximum Gasteiger partial charge on any atom is 0.233 e. The highest BCUT2D eigenvalue weighted by Crippen LogP contribution is 2.41. The van der Waals surface area contributed by atoms with E-state index < -0.39 is 5.60 Å². The largest absolute Gasteiger partial charge is 0.487 e. The Hall–Kier alpha value is -2.06. The molecule has 1 aromatic rings. The van der Waals surface area contributed by atoms with Crippen LogP contribution in [0.4, 0.5) is 0 Å². The van der Waals surface area contributed by atoms with Gasteiger partial charge in [-0.25, -0.2) is 5.84 Å². The Bertz CT molecular complexity index is 560. The fourth-order valence-electron chi connectivity index (χ4n) is 2.35. The van der Waals surface area contributed by atoms with Gasteiger partial charge in [0.25, 0.3) is 0 Å². The van der Waals surface area contributed by atoms with Crippen LogP contribution in [0.5, 0.6) is 5.75 Å². The molecule has 0 bridgehead atoms. The zero-order valence-corrected chi connectivity index (χ0v) is 11.3. The number of carbonyl (C=O) groups is 1. The van der Waals surface area contributed by atoms with E-state index in [-0.39, 0.29) is 11.9 Å². The van der Waals surface area contributed by atoms with Crippen molar-refractivity contribution in [1.82, 2.24) is 5.01 Å². The van der Waals surface area contributed by atoms with Crippen LogP contribution >= 0.6 is 0 Å². The predicted octanol–water partition coefficient (Wildman–Crippen LogP) is 1.88. The second kappa shape index (κ2) is 4.56. The highest BCUT2D eigenvalue weighted by Gasteiger charge is 2.37. The van der Waals surface area contributed by atoms with Crippen molar-refractivity contribution in [2.75, 3.05) is 0 Å². The number of nitrogens with two attached hydrogens (primary N) is 1. The lowest BCUT2D eigenvalue weighted by Gasteiger charge is -2.40. The Balaban J connectivity index is 2.51. The van der Waals surface area contributed by atoms with E-state index in [1.807, 2.05) is 13.8 Å². The first kappa shape index (κ1) is 13.4. The van der Waals surface area contributed by atoms with E-state index >= 15 is 0 Å². The minimum absolute atomic E-state index is 0.212. The summed E-state index contributed by atoms with van der Waals surface area (Å²) in [5.74, 6) is 6.33. The van der Waals surface area contributed by atoms with Crippen molar-refractivity contribution in [2.45, 2.75) is 38.8 Å². The zero-order valence-electron chi connectivity index (χ0n) is 11.3. The van der Waals surface area contributed by atoms with Gasteiger partial charge in [-0.2, -0.15) is 5.26 Å². The first-order valence-electron chi connectivity index (χ1n) is 6.11. The summed E-state index contributed by atoms with van der Waals surface area (Å²) in [5.41, 5.74) is 0.916. The molecule has 100 valence electrons. The quantitative estimate of drug-likeness (QED) is 0.474. The van der Waals surface area contributed by atoms with Crippen LogP contribution in [-0.4, -0.2) is 16.5 Å². The molecule has 0 saturated heterocycles. The third kappa shape index (κ3) is 2.54. The van der Waals surface area contributed by atoms with E-state index in [1.165, 1.54) is 11.9 Å². The van der Waals surface area contributed by atoms with Crippen LogP contribution < -0.4 is 10.6 Å². The fraction of sp³-hybridized carbons (Fsp3) is 0.429. The first-order valence-corrected chi connectivity index (χ1v) is 6.11. The Kier molecular flexibility index (Phi) is 3.21. The molecule has 0 radical (unpaired) electrons. The number of hydrogen-bond donors (Lipinski definition) is 1. The molecule has 1 amide bonds. The summed E-state index contributed by atoms with van der Waals surface area (Å²) in [5, 5.41) is 10.2. The van der Waals surface area contributed by atoms with Crippen LogP contribution in [0.3, 0.4) is 0 Å². The highest BCUT2D eigenvalue weighted by atomic mass is 16.5. The molecule has 1 heterocycles. The van der Waals surface area contributed by atoms with Gasteiger partial charge in [-0.15, -0.1) is 0 Å². The number of nitrogens with zero attached hydrogens (tertiary/aromatic N) is 2. The minimum atomic E-state index is -0.404. The molecule has 0 fully saturated rings. The molecule has 1 aliphatic heterocycles. The Morgan fingerprint density at radius 3 is 2.84 bits per heavy atom. The van der Waals surface area contributed by atoms with Gasteiger partial charge in [0.05, 0.1) is 17.7 Å². The van der Waals surface area contributed by atoms with Crippen molar-refractivity contribution in [2.24, 2.45) is 5.84 Å².